The molecule has 6 heterocycles. The third kappa shape index (κ3) is 8.42. The van der Waals surface area contributed by atoms with Gasteiger partial charge in [0.2, 0.25) is 0 Å². The van der Waals surface area contributed by atoms with Gasteiger partial charge in [-0.15, -0.1) is 10.2 Å². The number of carbonyl (C=O) groups excluding carboxylic acids is 4. The van der Waals surface area contributed by atoms with E-state index in [9.17, 15) is 19.2 Å². The molecule has 0 bridgehead atoms. The van der Waals surface area contributed by atoms with Crippen LogP contribution in [0.1, 0.15) is 73.0 Å². The number of aryl methyl sites for hydroxylation is 2. The molecular weight excluding hydrogens is 692 g/mol. The first-order valence-corrected chi connectivity index (χ1v) is 16.9. The molecule has 0 N–H and O–H groups in total. The lowest BCUT2D eigenvalue weighted by Gasteiger charge is -2.44. The summed E-state index contributed by atoms with van der Waals surface area (Å²) in [5.74, 6) is -4.53. The van der Waals surface area contributed by atoms with E-state index in [1.165, 1.54) is 11.6 Å². The lowest BCUT2D eigenvalue weighted by Crippen LogP contribution is -2.60. The second-order valence-corrected chi connectivity index (χ2v) is 13.9. The van der Waals surface area contributed by atoms with Crippen molar-refractivity contribution in [2.75, 3.05) is 6.61 Å². The summed E-state index contributed by atoms with van der Waals surface area (Å²) in [7, 11) is 0. The largest absolute Gasteiger partial charge is 0.463 e. The lowest BCUT2D eigenvalue weighted by atomic mass is 9.97. The van der Waals surface area contributed by atoms with Crippen LogP contribution < -0.4 is 0 Å². The molecule has 20 heteroatoms. The molecule has 2 aromatic rings. The van der Waals surface area contributed by atoms with Crippen molar-refractivity contribution >= 4 is 23.9 Å². The van der Waals surface area contributed by atoms with E-state index in [0.717, 1.165) is 26.5 Å². The predicted molar refractivity (Wildman–Crippen MR) is 167 cm³/mol. The Kier molecular flexibility index (Phi) is 10.7. The van der Waals surface area contributed by atoms with Crippen molar-refractivity contribution in [2.45, 2.75) is 148 Å². The maximum atomic E-state index is 12.2. The van der Waals surface area contributed by atoms with Crippen LogP contribution in [0.3, 0.4) is 0 Å². The molecule has 4 aliphatic rings. The molecule has 286 valence electrons. The number of esters is 4. The normalized spacial score (nSPS) is 33.1. The number of carbonyl (C=O) groups is 4. The molecule has 6 rings (SSSR count). The number of nitrogens with zero attached hydrogens (tertiary/aromatic N) is 6. The monoisotopic (exact) mass is 736 g/mol. The van der Waals surface area contributed by atoms with Crippen molar-refractivity contribution in [3.8, 4) is 0 Å². The van der Waals surface area contributed by atoms with Gasteiger partial charge >= 0.3 is 23.9 Å². The fourth-order valence-corrected chi connectivity index (χ4v) is 6.86. The lowest BCUT2D eigenvalue weighted by molar-refractivity contribution is -0.270. The van der Waals surface area contributed by atoms with Crippen LogP contribution >= 0.6 is 0 Å². The van der Waals surface area contributed by atoms with Crippen molar-refractivity contribution in [1.29, 1.82) is 0 Å². The van der Waals surface area contributed by atoms with Gasteiger partial charge < -0.3 is 47.4 Å². The van der Waals surface area contributed by atoms with E-state index in [4.69, 9.17) is 47.4 Å². The van der Waals surface area contributed by atoms with Crippen molar-refractivity contribution in [3.05, 3.63) is 23.8 Å². The number of aromatic nitrogens is 6. The molecule has 10 atom stereocenters. The SMILES string of the molecule is CC(=O)OC[C@H]1O[C@@H](n2cc(CCc3cnnn3C[C@H]3O[C@@H]4OC(C)(C)O[C@@H]4[C@H]4OC(C)(C)O[C@H]43)nn2)[C@H](OC(C)=O)[C@@H](OC(C)=O)[C@@H]1OC(C)=O. The first kappa shape index (κ1) is 37.7. The van der Waals surface area contributed by atoms with Crippen LogP contribution in [0.15, 0.2) is 12.4 Å². The van der Waals surface area contributed by atoms with Gasteiger partial charge in [0.1, 0.15) is 37.1 Å². The van der Waals surface area contributed by atoms with Gasteiger partial charge in [-0.05, 0) is 40.5 Å². The van der Waals surface area contributed by atoms with Crippen LogP contribution in [0.4, 0.5) is 0 Å². The third-order valence-corrected chi connectivity index (χ3v) is 8.72. The fourth-order valence-electron chi connectivity index (χ4n) is 6.86. The van der Waals surface area contributed by atoms with E-state index < -0.39 is 96.8 Å². The molecule has 0 unspecified atom stereocenters. The Labute approximate surface area is 298 Å². The van der Waals surface area contributed by atoms with Gasteiger partial charge in [0.25, 0.3) is 0 Å². The fraction of sp³-hybridized carbons (Fsp3) is 0.750. The minimum Gasteiger partial charge on any atom is -0.463 e. The van der Waals surface area contributed by atoms with Crippen LogP contribution in [-0.2, 0) is 85.9 Å². The Bertz CT molecular complexity index is 1640. The Morgan fingerprint density at radius 1 is 0.731 bits per heavy atom. The minimum absolute atomic E-state index is 0.292. The molecule has 4 fully saturated rings. The summed E-state index contributed by atoms with van der Waals surface area (Å²) >= 11 is 0. The Morgan fingerprint density at radius 3 is 2.06 bits per heavy atom. The first-order chi connectivity index (χ1) is 24.5. The van der Waals surface area contributed by atoms with Gasteiger partial charge in [-0.25, -0.2) is 9.36 Å². The first-order valence-electron chi connectivity index (χ1n) is 16.9. The predicted octanol–water partition coefficient (Wildman–Crippen LogP) is 0.307. The van der Waals surface area contributed by atoms with E-state index in [1.54, 1.807) is 17.1 Å². The molecule has 0 spiro atoms. The van der Waals surface area contributed by atoms with Gasteiger partial charge in [-0.3, -0.25) is 19.2 Å². The Morgan fingerprint density at radius 2 is 1.37 bits per heavy atom. The molecule has 2 aromatic heterocycles. The smallest absolute Gasteiger partial charge is 0.303 e. The summed E-state index contributed by atoms with van der Waals surface area (Å²) in [6, 6.07) is 0. The second-order valence-electron chi connectivity index (χ2n) is 13.9. The summed E-state index contributed by atoms with van der Waals surface area (Å²) in [6.07, 6.45) is -4.77. The van der Waals surface area contributed by atoms with Gasteiger partial charge in [-0.2, -0.15) is 0 Å². The van der Waals surface area contributed by atoms with Crippen LogP contribution in [0.25, 0.3) is 0 Å². The second kappa shape index (κ2) is 14.7. The number of fused-ring (bicyclic) bond motifs is 3. The van der Waals surface area contributed by atoms with Crippen LogP contribution in [0, 0.1) is 0 Å². The molecule has 0 aromatic carbocycles. The molecule has 52 heavy (non-hydrogen) atoms. The van der Waals surface area contributed by atoms with E-state index in [0.29, 0.717) is 25.1 Å². The zero-order valence-electron chi connectivity index (χ0n) is 30.2. The summed E-state index contributed by atoms with van der Waals surface area (Å²) in [5.41, 5.74) is 1.29. The quantitative estimate of drug-likeness (QED) is 0.224. The molecule has 0 aliphatic carbocycles. The Hall–Kier alpha value is -4.08. The molecule has 0 saturated carbocycles. The summed E-state index contributed by atoms with van der Waals surface area (Å²) in [5, 5.41) is 16.9. The van der Waals surface area contributed by atoms with Crippen LogP contribution in [0.2, 0.25) is 0 Å². The summed E-state index contributed by atoms with van der Waals surface area (Å²) in [6.45, 7) is 11.9. The van der Waals surface area contributed by atoms with Crippen LogP contribution in [0.5, 0.6) is 0 Å². The highest BCUT2D eigenvalue weighted by Crippen LogP contribution is 2.44. The summed E-state index contributed by atoms with van der Waals surface area (Å²) < 4.78 is 61.8. The number of hydrogen-bond acceptors (Lipinski definition) is 18. The van der Waals surface area contributed by atoms with Gasteiger partial charge in [0.15, 0.2) is 42.4 Å². The molecular formula is C32H44N6O14. The van der Waals surface area contributed by atoms with Crippen molar-refractivity contribution in [3.63, 3.8) is 0 Å². The minimum atomic E-state index is -1.35. The molecule has 0 radical (unpaired) electrons. The summed E-state index contributed by atoms with van der Waals surface area (Å²) in [4.78, 5) is 48.2. The van der Waals surface area contributed by atoms with Crippen molar-refractivity contribution in [1.82, 2.24) is 30.0 Å². The standard InChI is InChI=1S/C32H44N6O14/c1-15(39)43-14-22-23(44-16(2)40)25(45-17(3)41)27(46-18(4)42)29(47-22)38-12-19(34-36-38)9-10-20-11-33-35-37(20)13-21-24-26(50-31(5,6)49-24)28-30(48-21)52-32(7,8)51-28/h11-12,21-30H,9-10,13-14H2,1-8H3/t21-,22-,23-,24+,25+,26+,27-,28-,29-,30-/m1/s1. The highest BCUT2D eigenvalue weighted by molar-refractivity contribution is 5.68. The van der Waals surface area contributed by atoms with Gasteiger partial charge in [-0.1, -0.05) is 10.4 Å². The zero-order chi connectivity index (χ0) is 37.5. The van der Waals surface area contributed by atoms with Gasteiger partial charge in [0.05, 0.1) is 30.3 Å². The molecule has 0 amide bonds. The highest BCUT2D eigenvalue weighted by Gasteiger charge is 2.61. The maximum absolute atomic E-state index is 12.2. The van der Waals surface area contributed by atoms with E-state index in [-0.39, 0.29) is 6.61 Å². The molecule has 4 aliphatic heterocycles. The van der Waals surface area contributed by atoms with Gasteiger partial charge in [0, 0.05) is 27.7 Å². The number of hydrogen-bond donors (Lipinski definition) is 0. The van der Waals surface area contributed by atoms with E-state index in [2.05, 4.69) is 20.6 Å². The van der Waals surface area contributed by atoms with Crippen LogP contribution in [-0.4, -0.2) is 127 Å². The highest BCUT2D eigenvalue weighted by atomic mass is 16.9. The number of ether oxygens (including phenoxy) is 10. The third-order valence-electron chi connectivity index (χ3n) is 8.72. The topological polar surface area (TPSA) is 222 Å². The van der Waals surface area contributed by atoms with Crippen molar-refractivity contribution in [2.24, 2.45) is 0 Å². The average molecular weight is 737 g/mol. The average Bonchev–Trinajstić information content (AvgIpc) is 3.81. The molecule has 20 nitrogen and oxygen atoms in total. The Balaban J connectivity index is 1.18. The zero-order valence-corrected chi connectivity index (χ0v) is 30.2. The molecule has 4 saturated heterocycles. The maximum Gasteiger partial charge on any atom is 0.303 e. The van der Waals surface area contributed by atoms with Crippen molar-refractivity contribution < 1.29 is 66.5 Å². The number of rotatable bonds is 11. The van der Waals surface area contributed by atoms with E-state index >= 15 is 0 Å². The van der Waals surface area contributed by atoms with E-state index in [1.807, 2.05) is 27.7 Å².